The molecule has 0 unspecified atom stereocenters. The lowest BCUT2D eigenvalue weighted by Gasteiger charge is -2.05. The first-order valence-electron chi connectivity index (χ1n) is 7.23. The number of carbonyl (C=O) groups is 1. The van der Waals surface area contributed by atoms with E-state index >= 15 is 0 Å². The van der Waals surface area contributed by atoms with E-state index in [2.05, 4.69) is 55.7 Å². The van der Waals surface area contributed by atoms with Crippen LogP contribution < -0.4 is 5.73 Å². The third-order valence-electron chi connectivity index (χ3n) is 2.69. The van der Waals surface area contributed by atoms with E-state index in [9.17, 15) is 4.79 Å². The fourth-order valence-electron chi connectivity index (χ4n) is 1.78. The van der Waals surface area contributed by atoms with Crippen molar-refractivity contribution in [2.24, 2.45) is 5.73 Å². The van der Waals surface area contributed by atoms with Gasteiger partial charge < -0.3 is 10.8 Å². The van der Waals surface area contributed by atoms with Crippen LogP contribution in [-0.4, -0.2) is 15.4 Å². The van der Waals surface area contributed by atoms with Gasteiger partial charge in [0.2, 0.25) is 0 Å². The largest absolute Gasteiger partial charge is 0.481 e. The van der Waals surface area contributed by atoms with Crippen LogP contribution >= 0.6 is 24.8 Å². The second kappa shape index (κ2) is 13.8. The van der Waals surface area contributed by atoms with Crippen LogP contribution in [0.5, 0.6) is 0 Å². The van der Waals surface area contributed by atoms with E-state index in [1.807, 2.05) is 36.4 Å². The van der Waals surface area contributed by atoms with Crippen molar-refractivity contribution in [3.63, 3.8) is 0 Å². The Morgan fingerprint density at radius 3 is 2.20 bits per heavy atom. The van der Waals surface area contributed by atoms with Crippen molar-refractivity contribution >= 4 is 35.1 Å². The highest BCUT2D eigenvalue weighted by atomic mass is 32.1. The van der Waals surface area contributed by atoms with Gasteiger partial charge in [0.25, 0.3) is 0 Å². The molecule has 0 spiro atoms. The van der Waals surface area contributed by atoms with Crippen LogP contribution in [0.3, 0.4) is 0 Å². The van der Waals surface area contributed by atoms with Crippen molar-refractivity contribution in [3.05, 3.63) is 72.8 Å². The lowest BCUT2D eigenvalue weighted by molar-refractivity contribution is -0.135. The van der Waals surface area contributed by atoms with Gasteiger partial charge in [-0.2, -0.15) is 5.26 Å². The summed E-state index contributed by atoms with van der Waals surface area (Å²) in [6, 6.07) is 20.4. The highest BCUT2D eigenvalue weighted by Gasteiger charge is 2.02. The molecule has 2 rings (SSSR count). The van der Waals surface area contributed by atoms with E-state index in [1.165, 1.54) is 11.6 Å². The summed E-state index contributed by atoms with van der Waals surface area (Å²) in [7, 11) is 0. The average molecular weight is 373 g/mol. The smallest absolute Gasteiger partial charge is 0.307 e. The van der Waals surface area contributed by atoms with Crippen LogP contribution in [0.25, 0.3) is 11.1 Å². The predicted octanol–water partition coefficient (Wildman–Crippen LogP) is 4.23. The number of nitriles is 1. The first-order chi connectivity index (χ1) is 11.9. The molecule has 0 heterocycles. The van der Waals surface area contributed by atoms with Gasteiger partial charge in [0.1, 0.15) is 4.32 Å². The first-order valence-corrected chi connectivity index (χ1v) is 8.09. The number of aliphatic carboxylic acids is 1. The minimum absolute atomic E-state index is 0.0556. The molecule has 0 saturated carbocycles. The van der Waals surface area contributed by atoms with Crippen molar-refractivity contribution in [2.45, 2.75) is 12.8 Å². The number of thiol groups is 1. The van der Waals surface area contributed by atoms with Gasteiger partial charge in [-0.3, -0.25) is 4.79 Å². The van der Waals surface area contributed by atoms with Gasteiger partial charge in [0, 0.05) is 0 Å². The number of hydrogen-bond acceptors (Lipinski definition) is 3. The van der Waals surface area contributed by atoms with E-state index < -0.39 is 5.97 Å². The zero-order valence-corrected chi connectivity index (χ0v) is 15.3. The van der Waals surface area contributed by atoms with Crippen LogP contribution in [0.2, 0.25) is 0 Å². The van der Waals surface area contributed by atoms with Crippen molar-refractivity contribution < 1.29 is 9.90 Å². The van der Waals surface area contributed by atoms with Gasteiger partial charge >= 0.3 is 5.97 Å². The molecule has 0 bridgehead atoms. The number of carboxylic acid groups (broad SMARTS) is 1. The van der Waals surface area contributed by atoms with E-state index in [0.29, 0.717) is 6.42 Å². The second-order valence-corrected chi connectivity index (χ2v) is 5.81. The van der Waals surface area contributed by atoms with Crippen molar-refractivity contribution in [2.75, 3.05) is 0 Å². The van der Waals surface area contributed by atoms with Crippen molar-refractivity contribution in [1.29, 1.82) is 5.26 Å². The molecule has 0 saturated heterocycles. The first kappa shape index (κ1) is 22.4. The minimum Gasteiger partial charge on any atom is -0.481 e. The summed E-state index contributed by atoms with van der Waals surface area (Å²) in [6.07, 6.45) is 1.87. The van der Waals surface area contributed by atoms with Gasteiger partial charge in [-0.1, -0.05) is 72.9 Å². The Bertz CT molecular complexity index is 722. The summed E-state index contributed by atoms with van der Waals surface area (Å²) in [5.74, 6) is -0.829. The maximum absolute atomic E-state index is 9.53. The Morgan fingerprint density at radius 1 is 1.24 bits per heavy atom. The molecule has 130 valence electrons. The predicted molar refractivity (Wildman–Crippen MR) is 109 cm³/mol. The van der Waals surface area contributed by atoms with Crippen LogP contribution in [0, 0.1) is 11.3 Å². The van der Waals surface area contributed by atoms with Crippen molar-refractivity contribution in [1.82, 2.24) is 0 Å². The maximum Gasteiger partial charge on any atom is 0.307 e. The lowest BCUT2D eigenvalue weighted by atomic mass is 9.98. The second-order valence-electron chi connectivity index (χ2n) is 4.58. The van der Waals surface area contributed by atoms with Gasteiger partial charge in [0.15, 0.2) is 0 Å². The number of nitrogens with two attached hydrogens (primary N) is 1. The number of thiocarbonyl (C=S) groups is 1. The number of carboxylic acids is 1. The molecule has 25 heavy (non-hydrogen) atoms. The number of nitrogens with zero attached hydrogens (tertiary/aromatic N) is 1. The van der Waals surface area contributed by atoms with Gasteiger partial charge in [-0.15, -0.1) is 19.2 Å². The van der Waals surface area contributed by atoms with Gasteiger partial charge in [-0.25, -0.2) is 0 Å². The Kier molecular flexibility index (Phi) is 12.3. The van der Waals surface area contributed by atoms with Crippen LogP contribution in [-0.2, 0) is 11.2 Å². The summed E-state index contributed by atoms with van der Waals surface area (Å²) >= 11 is 7.65. The van der Waals surface area contributed by atoms with Crippen molar-refractivity contribution in [3.8, 4) is 17.2 Å². The fraction of sp³-hybridized carbons (Fsp3) is 0.105. The van der Waals surface area contributed by atoms with Crippen LogP contribution in [0.4, 0.5) is 0 Å². The number of rotatable bonds is 4. The third-order valence-corrected chi connectivity index (χ3v) is 2.69. The summed E-state index contributed by atoms with van der Waals surface area (Å²) in [6.45, 7) is 3.22. The molecule has 0 radical (unpaired) electrons. The molecule has 3 N–H and O–H groups in total. The molecule has 0 aliphatic rings. The third kappa shape index (κ3) is 11.5. The monoisotopic (exact) mass is 372 g/mol. The van der Waals surface area contributed by atoms with E-state index in [-0.39, 0.29) is 10.7 Å². The van der Waals surface area contributed by atoms with Crippen LogP contribution in [0.1, 0.15) is 12.0 Å². The normalized spacial score (nSPS) is 8.48. The summed E-state index contributed by atoms with van der Waals surface area (Å²) < 4.78 is 0.194. The van der Waals surface area contributed by atoms with Crippen LogP contribution in [0.15, 0.2) is 67.3 Å². The molecule has 2 aromatic carbocycles. The van der Waals surface area contributed by atoms with E-state index in [1.54, 1.807) is 0 Å². The van der Waals surface area contributed by atoms with Gasteiger partial charge in [0.05, 0.1) is 18.9 Å². The molecule has 2 aromatic rings. The summed E-state index contributed by atoms with van der Waals surface area (Å²) in [4.78, 5) is 9.53. The number of hydrogen-bond donors (Lipinski definition) is 3. The molecule has 0 fully saturated rings. The summed E-state index contributed by atoms with van der Waals surface area (Å²) in [5.41, 5.74) is 8.12. The molecule has 4 nitrogen and oxygen atoms in total. The molecule has 0 aromatic heterocycles. The van der Waals surface area contributed by atoms with E-state index in [0.717, 1.165) is 11.1 Å². The molecule has 6 heteroatoms. The Balaban J connectivity index is 0.000000481. The topological polar surface area (TPSA) is 87.1 Å². The molecule has 0 aliphatic heterocycles. The fourth-order valence-corrected chi connectivity index (χ4v) is 1.78. The molecule has 0 aliphatic carbocycles. The molecular formula is C19H20N2O2S2. The zero-order valence-electron chi connectivity index (χ0n) is 13.6. The highest BCUT2D eigenvalue weighted by Crippen LogP contribution is 2.23. The molecular weight excluding hydrogens is 352 g/mol. The highest BCUT2D eigenvalue weighted by molar-refractivity contribution is 8.10. The Labute approximate surface area is 159 Å². The Morgan fingerprint density at radius 2 is 1.76 bits per heavy atom. The average Bonchev–Trinajstić information content (AvgIpc) is 2.56. The summed E-state index contributed by atoms with van der Waals surface area (Å²) in [5, 5.41) is 16.6. The lowest BCUT2D eigenvalue weighted by Crippen LogP contribution is -1.94. The Hall–Kier alpha value is -2.62. The van der Waals surface area contributed by atoms with E-state index in [4.69, 9.17) is 16.1 Å². The quantitative estimate of drug-likeness (QED) is 0.425. The standard InChI is InChI=1S/C14H11N.C4H6O2.CH3NS2/c15-11-10-13-8-4-5-9-14(13)12-6-2-1-3-7-12;1-2-3-4(5)6;2-1(3)4/h1-9H,10H2;2H,1,3H2,(H,5,6);(H3,2,3,4). The molecule has 0 amide bonds. The minimum atomic E-state index is -0.829. The zero-order chi connectivity index (χ0) is 19.1. The SMILES string of the molecule is C=CCC(=O)O.N#CCc1ccccc1-c1ccccc1.NC(=S)S. The molecule has 0 atom stereocenters. The maximum atomic E-state index is 9.53. The number of benzene rings is 2. The van der Waals surface area contributed by atoms with Gasteiger partial charge in [-0.05, 0) is 16.7 Å².